The Morgan fingerprint density at radius 2 is 1.55 bits per heavy atom. The number of methoxy groups -OCH3 is 2. The number of nitrogens with one attached hydrogen (secondary N) is 2. The van der Waals surface area contributed by atoms with Crippen molar-refractivity contribution >= 4 is 17.6 Å². The summed E-state index contributed by atoms with van der Waals surface area (Å²) >= 11 is 0. The Morgan fingerprint density at radius 3 is 2.23 bits per heavy atom. The van der Waals surface area contributed by atoms with Crippen molar-refractivity contribution in [1.29, 1.82) is 0 Å². The average Bonchev–Trinajstić information content (AvgIpc) is 2.82. The van der Waals surface area contributed by atoms with Gasteiger partial charge in [-0.25, -0.2) is 4.79 Å². The van der Waals surface area contributed by atoms with E-state index in [1.54, 1.807) is 31.3 Å². The van der Waals surface area contributed by atoms with Gasteiger partial charge >= 0.3 is 6.03 Å². The molecule has 0 spiro atoms. The highest BCUT2D eigenvalue weighted by atomic mass is 16.5. The number of likely N-dealkylation sites (tertiary alicyclic amines) is 1. The fourth-order valence-corrected chi connectivity index (χ4v) is 3.47. The summed E-state index contributed by atoms with van der Waals surface area (Å²) < 4.78 is 16.0. The molecule has 2 N–H and O–H groups in total. The molecule has 3 rings (SSSR count). The number of para-hydroxylation sites is 4. The molecule has 0 atom stereocenters. The van der Waals surface area contributed by atoms with Gasteiger partial charge in [-0.05, 0) is 43.0 Å². The van der Waals surface area contributed by atoms with Gasteiger partial charge in [0.05, 0.1) is 19.9 Å². The number of rotatable bonds is 8. The van der Waals surface area contributed by atoms with Crippen LogP contribution in [0.5, 0.6) is 17.2 Å². The molecule has 0 radical (unpaired) electrons. The van der Waals surface area contributed by atoms with Gasteiger partial charge in [0.15, 0.2) is 18.1 Å². The number of carbonyl (C=O) groups excluding carboxylic acids is 2. The minimum atomic E-state index is -0.178. The number of amides is 3. The molecule has 0 aromatic heterocycles. The van der Waals surface area contributed by atoms with E-state index >= 15 is 0 Å². The first-order valence-corrected chi connectivity index (χ1v) is 10.3. The number of hydrogen-bond donors (Lipinski definition) is 2. The van der Waals surface area contributed by atoms with E-state index < -0.39 is 0 Å². The molecular weight excluding hydrogens is 398 g/mol. The number of hydrogen-bond acceptors (Lipinski definition) is 5. The van der Waals surface area contributed by atoms with E-state index in [0.29, 0.717) is 48.5 Å². The van der Waals surface area contributed by atoms with Crippen molar-refractivity contribution in [2.24, 2.45) is 5.92 Å². The lowest BCUT2D eigenvalue weighted by Gasteiger charge is -2.32. The van der Waals surface area contributed by atoms with Crippen molar-refractivity contribution in [3.8, 4) is 17.2 Å². The monoisotopic (exact) mass is 427 g/mol. The largest absolute Gasteiger partial charge is 0.495 e. The molecular formula is C23H29N3O5. The fraction of sp³-hybridized carbons (Fsp3) is 0.391. The van der Waals surface area contributed by atoms with Gasteiger partial charge in [0, 0.05) is 19.6 Å². The fourth-order valence-electron chi connectivity index (χ4n) is 3.47. The van der Waals surface area contributed by atoms with Crippen LogP contribution in [-0.2, 0) is 4.79 Å². The first-order chi connectivity index (χ1) is 15.1. The standard InChI is InChI=1S/C23H29N3O5/c1-29-19-8-4-3-7-18(19)25-23(28)26-13-11-17(12-14-26)15-24-22(27)16-31-21-10-6-5-9-20(21)30-2/h3-10,17H,11-16H2,1-2H3,(H,24,27)(H,25,28). The van der Waals surface area contributed by atoms with E-state index in [0.717, 1.165) is 12.8 Å². The number of urea groups is 1. The van der Waals surface area contributed by atoms with Crippen LogP contribution in [-0.4, -0.2) is 57.3 Å². The molecule has 2 aromatic carbocycles. The predicted molar refractivity (Wildman–Crippen MR) is 118 cm³/mol. The summed E-state index contributed by atoms with van der Waals surface area (Å²) in [4.78, 5) is 26.5. The molecule has 0 saturated carbocycles. The van der Waals surface area contributed by atoms with Crippen LogP contribution in [0.15, 0.2) is 48.5 Å². The maximum Gasteiger partial charge on any atom is 0.321 e. The van der Waals surface area contributed by atoms with E-state index in [-0.39, 0.29) is 18.5 Å². The SMILES string of the molecule is COc1ccccc1NC(=O)N1CCC(CNC(=O)COc2ccccc2OC)CC1. The smallest absolute Gasteiger partial charge is 0.321 e. The van der Waals surface area contributed by atoms with Gasteiger partial charge in [0.1, 0.15) is 5.75 Å². The van der Waals surface area contributed by atoms with Gasteiger partial charge in [0.25, 0.3) is 5.91 Å². The summed E-state index contributed by atoms with van der Waals surface area (Å²) in [6, 6.07) is 14.4. The maximum atomic E-state index is 12.5. The van der Waals surface area contributed by atoms with Crippen molar-refractivity contribution in [2.45, 2.75) is 12.8 Å². The lowest BCUT2D eigenvalue weighted by molar-refractivity contribution is -0.123. The van der Waals surface area contributed by atoms with Gasteiger partial charge in [-0.1, -0.05) is 24.3 Å². The molecule has 1 heterocycles. The van der Waals surface area contributed by atoms with Gasteiger partial charge in [0.2, 0.25) is 0 Å². The normalized spacial score (nSPS) is 13.9. The van der Waals surface area contributed by atoms with Crippen molar-refractivity contribution in [2.75, 3.05) is 45.8 Å². The maximum absolute atomic E-state index is 12.5. The topological polar surface area (TPSA) is 89.1 Å². The van der Waals surface area contributed by atoms with Crippen molar-refractivity contribution in [1.82, 2.24) is 10.2 Å². The molecule has 0 aliphatic carbocycles. The number of anilines is 1. The van der Waals surface area contributed by atoms with Gasteiger partial charge in [-0.2, -0.15) is 0 Å². The van der Waals surface area contributed by atoms with Crippen LogP contribution in [0.2, 0.25) is 0 Å². The first-order valence-electron chi connectivity index (χ1n) is 10.3. The van der Waals surface area contributed by atoms with Crippen LogP contribution in [0.3, 0.4) is 0 Å². The highest BCUT2D eigenvalue weighted by molar-refractivity contribution is 5.91. The van der Waals surface area contributed by atoms with Crippen LogP contribution in [0.25, 0.3) is 0 Å². The van der Waals surface area contributed by atoms with E-state index in [1.165, 1.54) is 0 Å². The van der Waals surface area contributed by atoms with Crippen molar-refractivity contribution < 1.29 is 23.8 Å². The minimum Gasteiger partial charge on any atom is -0.495 e. The summed E-state index contributed by atoms with van der Waals surface area (Å²) in [6.07, 6.45) is 1.65. The van der Waals surface area contributed by atoms with E-state index in [4.69, 9.17) is 14.2 Å². The van der Waals surface area contributed by atoms with Crippen LogP contribution in [0.1, 0.15) is 12.8 Å². The summed E-state index contributed by atoms with van der Waals surface area (Å²) in [7, 11) is 3.14. The van der Waals surface area contributed by atoms with Crippen LogP contribution >= 0.6 is 0 Å². The lowest BCUT2D eigenvalue weighted by Crippen LogP contribution is -2.43. The highest BCUT2D eigenvalue weighted by Gasteiger charge is 2.23. The molecule has 1 aliphatic rings. The van der Waals surface area contributed by atoms with Crippen LogP contribution in [0.4, 0.5) is 10.5 Å². The Kier molecular flexibility index (Phi) is 7.98. The molecule has 31 heavy (non-hydrogen) atoms. The molecule has 0 bridgehead atoms. The number of benzene rings is 2. The average molecular weight is 428 g/mol. The third-order valence-electron chi connectivity index (χ3n) is 5.27. The first kappa shape index (κ1) is 22.3. The third kappa shape index (κ3) is 6.28. The molecule has 2 aromatic rings. The Morgan fingerprint density at radius 1 is 0.935 bits per heavy atom. The van der Waals surface area contributed by atoms with Crippen molar-refractivity contribution in [3.05, 3.63) is 48.5 Å². The predicted octanol–water partition coefficient (Wildman–Crippen LogP) is 3.14. The van der Waals surface area contributed by atoms with E-state index in [1.807, 2.05) is 36.4 Å². The molecule has 166 valence electrons. The zero-order valence-corrected chi connectivity index (χ0v) is 17.9. The van der Waals surface area contributed by atoms with Gasteiger partial charge in [-0.15, -0.1) is 0 Å². The number of nitrogens with zero attached hydrogens (tertiary/aromatic N) is 1. The molecule has 3 amide bonds. The second kappa shape index (κ2) is 11.1. The van der Waals surface area contributed by atoms with Gasteiger partial charge in [-0.3, -0.25) is 4.79 Å². The van der Waals surface area contributed by atoms with Crippen molar-refractivity contribution in [3.63, 3.8) is 0 Å². The number of ether oxygens (including phenoxy) is 3. The highest BCUT2D eigenvalue weighted by Crippen LogP contribution is 2.26. The van der Waals surface area contributed by atoms with E-state index in [2.05, 4.69) is 10.6 Å². The lowest BCUT2D eigenvalue weighted by atomic mass is 9.97. The zero-order valence-electron chi connectivity index (χ0n) is 17.9. The quantitative estimate of drug-likeness (QED) is 0.676. The Balaban J connectivity index is 1.38. The molecule has 8 nitrogen and oxygen atoms in total. The molecule has 1 aliphatic heterocycles. The third-order valence-corrected chi connectivity index (χ3v) is 5.27. The summed E-state index contributed by atoms with van der Waals surface area (Å²) in [5.74, 6) is 1.90. The summed E-state index contributed by atoms with van der Waals surface area (Å²) in [5.41, 5.74) is 0.652. The molecule has 0 unspecified atom stereocenters. The number of carbonyl (C=O) groups is 2. The van der Waals surface area contributed by atoms with Gasteiger partial charge < -0.3 is 29.7 Å². The molecule has 1 fully saturated rings. The van der Waals surface area contributed by atoms with Crippen LogP contribution in [0, 0.1) is 5.92 Å². The number of piperidine rings is 1. The van der Waals surface area contributed by atoms with E-state index in [9.17, 15) is 9.59 Å². The Bertz CT molecular complexity index is 881. The zero-order chi connectivity index (χ0) is 22.1. The summed E-state index contributed by atoms with van der Waals surface area (Å²) in [5, 5.41) is 5.82. The summed E-state index contributed by atoms with van der Waals surface area (Å²) in [6.45, 7) is 1.77. The Hall–Kier alpha value is -3.42. The molecule has 1 saturated heterocycles. The van der Waals surface area contributed by atoms with Crippen LogP contribution < -0.4 is 24.8 Å². The second-order valence-electron chi connectivity index (χ2n) is 7.30. The minimum absolute atomic E-state index is 0.0689. The Labute approximate surface area is 182 Å². The molecule has 8 heteroatoms. The second-order valence-corrected chi connectivity index (χ2v) is 7.30.